The number of carbonyl (C=O) groups is 1. The highest BCUT2D eigenvalue weighted by Crippen LogP contribution is 2.23. The van der Waals surface area contributed by atoms with E-state index in [0.717, 1.165) is 5.56 Å². The van der Waals surface area contributed by atoms with Crippen LogP contribution < -0.4 is 4.74 Å². The van der Waals surface area contributed by atoms with Crippen molar-refractivity contribution in [1.82, 2.24) is 9.88 Å². The van der Waals surface area contributed by atoms with Gasteiger partial charge < -0.3 is 14.9 Å². The van der Waals surface area contributed by atoms with Gasteiger partial charge in [-0.1, -0.05) is 6.07 Å². The molecule has 98 valence electrons. The molecule has 2 heterocycles. The molecule has 6 nitrogen and oxygen atoms in total. The minimum Gasteiger partial charge on any atom is -0.481 e. The van der Waals surface area contributed by atoms with Crippen molar-refractivity contribution in [2.75, 3.05) is 13.7 Å². The molecule has 2 atom stereocenters. The third-order valence-corrected chi connectivity index (χ3v) is 3.08. The Hall–Kier alpha value is -1.66. The average Bonchev–Trinajstić information content (AvgIpc) is 2.71. The minimum atomic E-state index is -0.908. The summed E-state index contributed by atoms with van der Waals surface area (Å²) < 4.78 is 5.13. The van der Waals surface area contributed by atoms with Crippen molar-refractivity contribution in [1.29, 1.82) is 0 Å². The van der Waals surface area contributed by atoms with Gasteiger partial charge in [0.2, 0.25) is 5.88 Å². The zero-order valence-corrected chi connectivity index (χ0v) is 10.1. The normalized spacial score (nSPS) is 24.1. The van der Waals surface area contributed by atoms with Gasteiger partial charge in [0.1, 0.15) is 6.04 Å². The fourth-order valence-electron chi connectivity index (χ4n) is 2.26. The maximum atomic E-state index is 11.1. The van der Waals surface area contributed by atoms with E-state index in [9.17, 15) is 9.90 Å². The highest BCUT2D eigenvalue weighted by molar-refractivity contribution is 5.74. The molecule has 1 aromatic heterocycles. The van der Waals surface area contributed by atoms with E-state index in [2.05, 4.69) is 4.98 Å². The number of ether oxygens (including phenoxy) is 1. The van der Waals surface area contributed by atoms with Crippen molar-refractivity contribution in [3.05, 3.63) is 23.9 Å². The molecule has 0 aromatic carbocycles. The Bertz CT molecular complexity index is 438. The summed E-state index contributed by atoms with van der Waals surface area (Å²) in [6.07, 6.45) is 1.29. The number of aliphatic hydroxyl groups is 1. The van der Waals surface area contributed by atoms with Crippen LogP contribution in [0.15, 0.2) is 18.3 Å². The van der Waals surface area contributed by atoms with Gasteiger partial charge in [-0.05, 0) is 6.07 Å². The van der Waals surface area contributed by atoms with Crippen LogP contribution in [0, 0.1) is 0 Å². The molecule has 1 aliphatic heterocycles. The number of aromatic nitrogens is 1. The highest BCUT2D eigenvalue weighted by atomic mass is 16.5. The number of β-amino-alcohol motifs (C(OH)–C–C–N with tert-alkyl or cyclic N) is 1. The van der Waals surface area contributed by atoms with Gasteiger partial charge in [0.15, 0.2) is 0 Å². The summed E-state index contributed by atoms with van der Waals surface area (Å²) >= 11 is 0. The van der Waals surface area contributed by atoms with Crippen molar-refractivity contribution in [2.45, 2.75) is 25.1 Å². The van der Waals surface area contributed by atoms with E-state index in [1.54, 1.807) is 17.2 Å². The lowest BCUT2D eigenvalue weighted by atomic mass is 10.2. The minimum absolute atomic E-state index is 0.262. The van der Waals surface area contributed by atoms with Crippen molar-refractivity contribution >= 4 is 5.97 Å². The summed E-state index contributed by atoms with van der Waals surface area (Å²) in [7, 11) is 1.53. The zero-order chi connectivity index (χ0) is 13.1. The summed E-state index contributed by atoms with van der Waals surface area (Å²) in [5.41, 5.74) is 0.820. The molecule has 0 bridgehead atoms. The number of aliphatic carboxylic acids is 1. The first-order chi connectivity index (χ1) is 8.61. The number of carboxylic acid groups (broad SMARTS) is 1. The molecule has 2 N–H and O–H groups in total. The van der Waals surface area contributed by atoms with Gasteiger partial charge in [-0.2, -0.15) is 0 Å². The van der Waals surface area contributed by atoms with Gasteiger partial charge >= 0.3 is 5.97 Å². The second-order valence-electron chi connectivity index (χ2n) is 4.34. The van der Waals surface area contributed by atoms with Crippen LogP contribution >= 0.6 is 0 Å². The lowest BCUT2D eigenvalue weighted by Crippen LogP contribution is -2.35. The molecule has 0 amide bonds. The van der Waals surface area contributed by atoms with E-state index < -0.39 is 18.1 Å². The first-order valence-electron chi connectivity index (χ1n) is 5.74. The van der Waals surface area contributed by atoms with Crippen LogP contribution in [-0.2, 0) is 11.3 Å². The Labute approximate surface area is 105 Å². The number of carboxylic acids is 1. The first-order valence-corrected chi connectivity index (χ1v) is 5.74. The fourth-order valence-corrected chi connectivity index (χ4v) is 2.26. The number of pyridine rings is 1. The highest BCUT2D eigenvalue weighted by Gasteiger charge is 2.36. The molecule has 1 aliphatic rings. The molecule has 1 fully saturated rings. The van der Waals surface area contributed by atoms with Crippen LogP contribution in [0.25, 0.3) is 0 Å². The number of aliphatic hydroxyl groups excluding tert-OH is 1. The van der Waals surface area contributed by atoms with Crippen molar-refractivity contribution < 1.29 is 19.7 Å². The van der Waals surface area contributed by atoms with Gasteiger partial charge in [0.05, 0.1) is 13.2 Å². The summed E-state index contributed by atoms with van der Waals surface area (Å²) in [5, 5.41) is 18.7. The molecule has 6 heteroatoms. The van der Waals surface area contributed by atoms with Gasteiger partial charge in [-0.25, -0.2) is 4.98 Å². The molecule has 0 aliphatic carbocycles. The molecule has 0 saturated carbocycles. The molecule has 18 heavy (non-hydrogen) atoms. The van der Waals surface area contributed by atoms with E-state index >= 15 is 0 Å². The first kappa shape index (κ1) is 12.8. The van der Waals surface area contributed by atoms with Crippen LogP contribution in [0.4, 0.5) is 0 Å². The standard InChI is InChI=1S/C12H16N2O4/c1-18-11-8(3-2-4-13-11)6-14-7-9(15)5-10(14)12(16)17/h2-4,9-10,15H,5-7H2,1H3,(H,16,17). The number of nitrogens with zero attached hydrogens (tertiary/aromatic N) is 2. The monoisotopic (exact) mass is 252 g/mol. The number of likely N-dealkylation sites (tertiary alicyclic amines) is 1. The molecule has 2 unspecified atom stereocenters. The third kappa shape index (κ3) is 2.60. The van der Waals surface area contributed by atoms with Crippen molar-refractivity contribution in [3.8, 4) is 5.88 Å². The molecule has 1 saturated heterocycles. The number of methoxy groups -OCH3 is 1. The maximum absolute atomic E-state index is 11.1. The summed E-state index contributed by atoms with van der Waals surface area (Å²) in [4.78, 5) is 16.9. The number of hydrogen-bond donors (Lipinski definition) is 2. The second-order valence-corrected chi connectivity index (χ2v) is 4.34. The van der Waals surface area contributed by atoms with Gasteiger partial charge in [0, 0.05) is 31.3 Å². The molecule has 0 radical (unpaired) electrons. The van der Waals surface area contributed by atoms with Crippen molar-refractivity contribution in [3.63, 3.8) is 0 Å². The summed E-state index contributed by atoms with van der Waals surface area (Å²) in [6.45, 7) is 0.764. The van der Waals surface area contributed by atoms with Crippen molar-refractivity contribution in [2.24, 2.45) is 0 Å². The lowest BCUT2D eigenvalue weighted by molar-refractivity contribution is -0.142. The summed E-state index contributed by atoms with van der Waals surface area (Å²) in [6, 6.07) is 2.97. The van der Waals surface area contributed by atoms with Crippen LogP contribution in [0.5, 0.6) is 5.88 Å². The average molecular weight is 252 g/mol. The Kier molecular flexibility index (Phi) is 3.78. The number of hydrogen-bond acceptors (Lipinski definition) is 5. The predicted octanol–water partition coefficient (Wildman–Crippen LogP) is 0.110. The Balaban J connectivity index is 2.15. The maximum Gasteiger partial charge on any atom is 0.321 e. The zero-order valence-electron chi connectivity index (χ0n) is 10.1. The van der Waals surface area contributed by atoms with E-state index in [0.29, 0.717) is 19.0 Å². The van der Waals surface area contributed by atoms with Crippen LogP contribution in [0.1, 0.15) is 12.0 Å². The van der Waals surface area contributed by atoms with Crippen LogP contribution in [0.2, 0.25) is 0 Å². The fraction of sp³-hybridized carbons (Fsp3) is 0.500. The Morgan fingerprint density at radius 2 is 2.44 bits per heavy atom. The molecule has 2 rings (SSSR count). The SMILES string of the molecule is COc1ncccc1CN1CC(O)CC1C(=O)O. The summed E-state index contributed by atoms with van der Waals surface area (Å²) in [5.74, 6) is -0.419. The van der Waals surface area contributed by atoms with Gasteiger partial charge in [-0.3, -0.25) is 9.69 Å². The third-order valence-electron chi connectivity index (χ3n) is 3.08. The second kappa shape index (κ2) is 5.32. The quantitative estimate of drug-likeness (QED) is 0.791. The van der Waals surface area contributed by atoms with Gasteiger partial charge in [0.25, 0.3) is 0 Å². The predicted molar refractivity (Wildman–Crippen MR) is 63.2 cm³/mol. The smallest absolute Gasteiger partial charge is 0.321 e. The van der Waals surface area contributed by atoms with Crippen LogP contribution in [-0.4, -0.2) is 51.9 Å². The topological polar surface area (TPSA) is 82.9 Å². The Morgan fingerprint density at radius 1 is 1.67 bits per heavy atom. The van der Waals surface area contributed by atoms with Crippen LogP contribution in [0.3, 0.4) is 0 Å². The lowest BCUT2D eigenvalue weighted by Gasteiger charge is -2.21. The molecular weight excluding hydrogens is 236 g/mol. The van der Waals surface area contributed by atoms with E-state index in [-0.39, 0.29) is 6.42 Å². The largest absolute Gasteiger partial charge is 0.481 e. The van der Waals surface area contributed by atoms with E-state index in [1.165, 1.54) is 7.11 Å². The molecule has 1 aromatic rings. The van der Waals surface area contributed by atoms with E-state index in [4.69, 9.17) is 9.84 Å². The van der Waals surface area contributed by atoms with Gasteiger partial charge in [-0.15, -0.1) is 0 Å². The molecule has 0 spiro atoms. The molecular formula is C12H16N2O4. The van der Waals surface area contributed by atoms with E-state index in [1.807, 2.05) is 6.07 Å². The Morgan fingerprint density at radius 3 is 3.11 bits per heavy atom. The number of rotatable bonds is 4.